The number of nitrogens with one attached hydrogen (secondary N) is 1. The highest BCUT2D eigenvalue weighted by atomic mass is 16.5. The average Bonchev–Trinajstić information content (AvgIpc) is 3.07. The lowest BCUT2D eigenvalue weighted by atomic mass is 10.1. The molecule has 1 saturated heterocycles. The summed E-state index contributed by atoms with van der Waals surface area (Å²) < 4.78 is 11.1. The molecule has 6 heteroatoms. The van der Waals surface area contributed by atoms with Crippen LogP contribution in [0, 0.1) is 0 Å². The van der Waals surface area contributed by atoms with E-state index >= 15 is 0 Å². The van der Waals surface area contributed by atoms with E-state index in [9.17, 15) is 9.59 Å². The zero-order valence-electron chi connectivity index (χ0n) is 13.3. The van der Waals surface area contributed by atoms with Crippen molar-refractivity contribution in [3.05, 3.63) is 24.3 Å². The number of para-hydroxylation sites is 2. The van der Waals surface area contributed by atoms with E-state index in [-0.39, 0.29) is 24.3 Å². The molecular weight excluding hydrogens is 296 g/mol. The van der Waals surface area contributed by atoms with Crippen LogP contribution in [0.1, 0.15) is 26.2 Å². The number of carbonyl (C=O) groups excluding carboxylic acids is 2. The summed E-state index contributed by atoms with van der Waals surface area (Å²) in [5, 5.41) is 2.88. The van der Waals surface area contributed by atoms with Gasteiger partial charge in [-0.15, -0.1) is 0 Å². The van der Waals surface area contributed by atoms with Crippen LogP contribution in [0.3, 0.4) is 0 Å². The molecule has 6 nitrogen and oxygen atoms in total. The van der Waals surface area contributed by atoms with Gasteiger partial charge < -0.3 is 19.7 Å². The zero-order valence-corrected chi connectivity index (χ0v) is 13.3. The van der Waals surface area contributed by atoms with E-state index in [1.54, 1.807) is 11.8 Å². The van der Waals surface area contributed by atoms with Gasteiger partial charge in [0, 0.05) is 26.1 Å². The van der Waals surface area contributed by atoms with Gasteiger partial charge >= 0.3 is 0 Å². The number of nitrogens with zero attached hydrogens (tertiary/aromatic N) is 1. The van der Waals surface area contributed by atoms with Gasteiger partial charge in [0.05, 0.1) is 11.8 Å². The van der Waals surface area contributed by atoms with Gasteiger partial charge in [-0.25, -0.2) is 0 Å². The van der Waals surface area contributed by atoms with Crippen molar-refractivity contribution in [3.8, 4) is 5.75 Å². The fraction of sp³-hybridized carbons (Fsp3) is 0.529. The largest absolute Gasteiger partial charge is 0.479 e. The predicted octanol–water partition coefficient (Wildman–Crippen LogP) is 1.49. The summed E-state index contributed by atoms with van der Waals surface area (Å²) in [6.07, 6.45) is 1.91. The molecule has 0 bridgehead atoms. The molecule has 2 atom stereocenters. The van der Waals surface area contributed by atoms with Crippen molar-refractivity contribution in [3.63, 3.8) is 0 Å². The Kier molecular flexibility index (Phi) is 4.81. The van der Waals surface area contributed by atoms with Gasteiger partial charge in [-0.3, -0.25) is 9.59 Å². The Hall–Kier alpha value is -2.08. The number of fused-ring (bicyclic) bond motifs is 1. The minimum atomic E-state index is -0.528. The predicted molar refractivity (Wildman–Crippen MR) is 85.5 cm³/mol. The van der Waals surface area contributed by atoms with E-state index in [4.69, 9.17) is 9.47 Å². The van der Waals surface area contributed by atoms with Crippen molar-refractivity contribution in [2.75, 3.05) is 24.6 Å². The van der Waals surface area contributed by atoms with Crippen molar-refractivity contribution in [1.82, 2.24) is 5.32 Å². The first-order valence-corrected chi connectivity index (χ1v) is 8.10. The number of benzene rings is 1. The summed E-state index contributed by atoms with van der Waals surface area (Å²) in [6.45, 7) is 3.39. The third-order valence-corrected chi connectivity index (χ3v) is 4.19. The van der Waals surface area contributed by atoms with Crippen LogP contribution in [-0.2, 0) is 14.3 Å². The lowest BCUT2D eigenvalue weighted by molar-refractivity contribution is -0.125. The van der Waals surface area contributed by atoms with Crippen molar-refractivity contribution in [2.45, 2.75) is 38.4 Å². The molecule has 0 radical (unpaired) electrons. The molecule has 1 fully saturated rings. The SMILES string of the molecule is CC1Oc2ccccc2N(CCC(=O)NCC2CCCO2)C1=O. The second kappa shape index (κ2) is 7.00. The quantitative estimate of drug-likeness (QED) is 0.893. The van der Waals surface area contributed by atoms with Gasteiger partial charge in [0.1, 0.15) is 5.75 Å². The molecule has 2 aliphatic rings. The fourth-order valence-corrected chi connectivity index (χ4v) is 2.92. The number of carbonyl (C=O) groups is 2. The van der Waals surface area contributed by atoms with E-state index in [0.717, 1.165) is 25.1 Å². The summed E-state index contributed by atoms with van der Waals surface area (Å²) in [6, 6.07) is 7.40. The molecule has 0 saturated carbocycles. The van der Waals surface area contributed by atoms with Crippen LogP contribution in [0.5, 0.6) is 5.75 Å². The van der Waals surface area contributed by atoms with Crippen LogP contribution in [0.2, 0.25) is 0 Å². The summed E-state index contributed by atoms with van der Waals surface area (Å²) in [5.74, 6) is 0.500. The number of hydrogen-bond acceptors (Lipinski definition) is 4. The van der Waals surface area contributed by atoms with Crippen LogP contribution in [0.4, 0.5) is 5.69 Å². The monoisotopic (exact) mass is 318 g/mol. The van der Waals surface area contributed by atoms with Crippen LogP contribution >= 0.6 is 0 Å². The second-order valence-corrected chi connectivity index (χ2v) is 5.91. The Morgan fingerprint density at radius 1 is 1.39 bits per heavy atom. The Morgan fingerprint density at radius 2 is 2.22 bits per heavy atom. The molecule has 0 spiro atoms. The van der Waals surface area contributed by atoms with Crippen molar-refractivity contribution >= 4 is 17.5 Å². The van der Waals surface area contributed by atoms with Gasteiger partial charge in [0.25, 0.3) is 5.91 Å². The third kappa shape index (κ3) is 3.64. The Morgan fingerprint density at radius 3 is 3.00 bits per heavy atom. The van der Waals surface area contributed by atoms with E-state index in [0.29, 0.717) is 18.8 Å². The first kappa shape index (κ1) is 15.8. The highest BCUT2D eigenvalue weighted by molar-refractivity contribution is 6.00. The molecule has 2 aliphatic heterocycles. The molecule has 23 heavy (non-hydrogen) atoms. The number of ether oxygens (including phenoxy) is 2. The summed E-state index contributed by atoms with van der Waals surface area (Å²) in [4.78, 5) is 26.0. The van der Waals surface area contributed by atoms with E-state index in [1.807, 2.05) is 24.3 Å². The smallest absolute Gasteiger partial charge is 0.267 e. The number of rotatable bonds is 5. The van der Waals surface area contributed by atoms with Gasteiger partial charge in [-0.1, -0.05) is 12.1 Å². The normalized spacial score (nSPS) is 23.3. The standard InChI is InChI=1S/C17H22N2O4/c1-12-17(21)19(14-6-2-3-7-15(14)23-12)9-8-16(20)18-11-13-5-4-10-22-13/h2-3,6-7,12-13H,4-5,8-11H2,1H3,(H,18,20). The first-order chi connectivity index (χ1) is 11.1. The van der Waals surface area contributed by atoms with Gasteiger partial charge in [-0.2, -0.15) is 0 Å². The lowest BCUT2D eigenvalue weighted by Crippen LogP contribution is -2.46. The molecule has 2 amide bonds. The molecule has 3 rings (SSSR count). The molecule has 0 aliphatic carbocycles. The molecular formula is C17H22N2O4. The minimum absolute atomic E-state index is 0.0649. The highest BCUT2D eigenvalue weighted by Gasteiger charge is 2.31. The van der Waals surface area contributed by atoms with E-state index in [2.05, 4.69) is 5.32 Å². The molecule has 2 unspecified atom stereocenters. The van der Waals surface area contributed by atoms with E-state index < -0.39 is 6.10 Å². The van der Waals surface area contributed by atoms with Crippen molar-refractivity contribution in [1.29, 1.82) is 0 Å². The zero-order chi connectivity index (χ0) is 16.2. The number of amides is 2. The van der Waals surface area contributed by atoms with Gasteiger partial charge in [0.15, 0.2) is 6.10 Å². The van der Waals surface area contributed by atoms with Crippen LogP contribution in [0.15, 0.2) is 24.3 Å². The van der Waals surface area contributed by atoms with Gasteiger partial charge in [-0.05, 0) is 31.9 Å². The van der Waals surface area contributed by atoms with Crippen LogP contribution in [-0.4, -0.2) is 43.7 Å². The Bertz CT molecular complexity index is 584. The Balaban J connectivity index is 1.56. The van der Waals surface area contributed by atoms with Crippen molar-refractivity contribution < 1.29 is 19.1 Å². The fourth-order valence-electron chi connectivity index (χ4n) is 2.92. The number of anilines is 1. The molecule has 0 aromatic heterocycles. The maximum absolute atomic E-state index is 12.3. The maximum Gasteiger partial charge on any atom is 0.267 e. The maximum atomic E-state index is 12.3. The average molecular weight is 318 g/mol. The summed E-state index contributed by atoms with van der Waals surface area (Å²) in [5.41, 5.74) is 0.725. The molecule has 2 heterocycles. The van der Waals surface area contributed by atoms with E-state index in [1.165, 1.54) is 0 Å². The molecule has 1 N–H and O–H groups in total. The van der Waals surface area contributed by atoms with Gasteiger partial charge in [0.2, 0.25) is 5.91 Å². The first-order valence-electron chi connectivity index (χ1n) is 8.10. The highest BCUT2D eigenvalue weighted by Crippen LogP contribution is 2.33. The topological polar surface area (TPSA) is 67.9 Å². The molecule has 124 valence electrons. The minimum Gasteiger partial charge on any atom is -0.479 e. The molecule has 1 aromatic rings. The summed E-state index contributed by atoms with van der Waals surface area (Å²) >= 11 is 0. The summed E-state index contributed by atoms with van der Waals surface area (Å²) in [7, 11) is 0. The van der Waals surface area contributed by atoms with Crippen LogP contribution in [0.25, 0.3) is 0 Å². The number of hydrogen-bond donors (Lipinski definition) is 1. The van der Waals surface area contributed by atoms with Crippen LogP contribution < -0.4 is 15.0 Å². The lowest BCUT2D eigenvalue weighted by Gasteiger charge is -2.32. The third-order valence-electron chi connectivity index (χ3n) is 4.19. The molecule has 1 aromatic carbocycles. The Labute approximate surface area is 135 Å². The van der Waals surface area contributed by atoms with Crippen molar-refractivity contribution in [2.24, 2.45) is 0 Å². The second-order valence-electron chi connectivity index (χ2n) is 5.91.